The van der Waals surface area contributed by atoms with Crippen LogP contribution in [0.4, 0.5) is 0 Å². The van der Waals surface area contributed by atoms with E-state index in [9.17, 15) is 157 Å². The second kappa shape index (κ2) is 44.9. The fraction of sp³-hybridized carbons (Fsp3) is 0.929. The second-order valence-electron chi connectivity index (χ2n) is 31.7. The monoisotopic (exact) mass is 1830 g/mol. The zero-order valence-electron chi connectivity index (χ0n) is 67.7. The largest absolute Gasteiger partial charge is 0.394 e. The molecular formula is C70H117N5O50. The Hall–Kier alpha value is -4.45. The van der Waals surface area contributed by atoms with E-state index in [4.69, 9.17) is 90.0 Å². The van der Waals surface area contributed by atoms with Crippen molar-refractivity contribution in [3.8, 4) is 0 Å². The zero-order valence-corrected chi connectivity index (χ0v) is 67.7. The number of ether oxygens (including phenoxy) is 19. The maximum atomic E-state index is 13.3. The molecule has 0 bridgehead atoms. The summed E-state index contributed by atoms with van der Waals surface area (Å²) in [5, 5.41) is 304. The van der Waals surface area contributed by atoms with Crippen LogP contribution < -0.4 is 26.6 Å². The van der Waals surface area contributed by atoms with Gasteiger partial charge in [0.15, 0.2) is 62.9 Å². The summed E-state index contributed by atoms with van der Waals surface area (Å²) in [6.45, 7) is -3.85. The van der Waals surface area contributed by atoms with Crippen molar-refractivity contribution in [2.45, 2.75) is 348 Å². The van der Waals surface area contributed by atoms with Crippen LogP contribution in [0, 0.1) is 0 Å². The first-order valence-electron chi connectivity index (χ1n) is 40.0. The maximum absolute atomic E-state index is 13.3. The molecule has 0 unspecified atom stereocenters. The minimum absolute atomic E-state index is 0.810. The van der Waals surface area contributed by atoms with Crippen LogP contribution >= 0.6 is 0 Å². The minimum atomic E-state index is -2.63. The van der Waals surface area contributed by atoms with E-state index in [-0.39, 0.29) is 0 Å². The predicted molar refractivity (Wildman–Crippen MR) is 386 cm³/mol. The van der Waals surface area contributed by atoms with Crippen LogP contribution in [-0.2, 0) is 114 Å². The molecule has 0 saturated carbocycles. The van der Waals surface area contributed by atoms with Crippen LogP contribution in [0.5, 0.6) is 0 Å². The first-order chi connectivity index (χ1) is 59.1. The number of hydrogen-bond donors (Lipinski definition) is 31. The molecule has 722 valence electrons. The van der Waals surface area contributed by atoms with Crippen molar-refractivity contribution in [3.63, 3.8) is 0 Å². The number of hydrogen-bond acceptors (Lipinski definition) is 50. The van der Waals surface area contributed by atoms with Gasteiger partial charge in [0.05, 0.1) is 65.6 Å². The number of nitrogens with one attached hydrogen (secondary N) is 5. The van der Waals surface area contributed by atoms with Crippen molar-refractivity contribution in [2.24, 2.45) is 0 Å². The molecule has 50 atom stereocenters. The number of rotatable bonds is 32. The summed E-state index contributed by atoms with van der Waals surface area (Å²) in [5.74, 6) is -4.58. The molecule has 0 aliphatic carbocycles. The van der Waals surface area contributed by atoms with Crippen molar-refractivity contribution < 1.29 is 247 Å². The fourth-order valence-electron chi connectivity index (χ4n) is 16.2. The molecule has 10 aliphatic rings. The van der Waals surface area contributed by atoms with Crippen molar-refractivity contribution in [1.82, 2.24) is 26.6 Å². The van der Waals surface area contributed by atoms with E-state index in [0.717, 1.165) is 34.6 Å². The van der Waals surface area contributed by atoms with Gasteiger partial charge >= 0.3 is 0 Å². The topological polar surface area (TPSA) is 847 Å². The Labute approximate surface area is 708 Å². The molecular weight excluding hydrogens is 1710 g/mol. The Morgan fingerprint density at radius 3 is 0.912 bits per heavy atom. The average Bonchev–Trinajstić information content (AvgIpc) is 0.769. The number of carbonyl (C=O) groups is 5. The molecule has 5 amide bonds. The Bertz CT molecular complexity index is 3420. The predicted octanol–water partition coefficient (Wildman–Crippen LogP) is -21.1. The van der Waals surface area contributed by atoms with Gasteiger partial charge in [0.1, 0.15) is 238 Å². The second-order valence-corrected chi connectivity index (χ2v) is 31.7. The quantitative estimate of drug-likeness (QED) is 0.0297. The van der Waals surface area contributed by atoms with Crippen LogP contribution in [0.3, 0.4) is 0 Å². The molecule has 10 fully saturated rings. The summed E-state index contributed by atoms with van der Waals surface area (Å²) >= 11 is 0. The van der Waals surface area contributed by atoms with E-state index in [0.29, 0.717) is 0 Å². The van der Waals surface area contributed by atoms with E-state index < -0.39 is 396 Å². The van der Waals surface area contributed by atoms with Crippen molar-refractivity contribution in [2.75, 3.05) is 59.5 Å². The van der Waals surface area contributed by atoms with Crippen LogP contribution in [0.2, 0.25) is 0 Å². The smallest absolute Gasteiger partial charge is 0.217 e. The third-order valence-corrected chi connectivity index (χ3v) is 22.8. The standard InChI is InChI=1S/C70H117N5O50/c1-16-36(88)47(99)51(103)66(109-16)107-15-30-57(43(95)31(61(106)110-30)71-17(2)83)120-63-33(73-19(4)85)45(97)56(28(13-82)115-63)122-68-53(105)58(123-70-60(50(102)40(92)25(10-79)114-70)125-65-35(75-21(6)87)46(98)55(27(12-81)117-65)121-67-52(104)48(100)38(90)23(8-77)112-67)41(93)29(118-68)14-108-69-59(49(101)39(91)24(9-78)113-69)124-64-34(74-20(5)86)44(96)54(26(11-80)116-64)119-62-32(72-18(3)84)42(94)37(89)22(7-76)111-62/h16,22-70,76-82,88-106H,7-15H2,1-6H3,(H,71,83)(H,72,84)(H,73,85)(H,74,86)(H,75,87)/t16-,22-,23-,24-,25-,26-,27-,28-,29-,30-,31-,32-,33-,34-,35-,36+,37+,38+,39-,40-,41-,42-,43-,44-,45-,46-,47+,48+,49+,50+,51-,52-,53+,54-,55-,56-,57-,58+,59+,60+,61-,62+,63+,64+,65+,66+,67+,68+,69+,70-/m1/s1. The molecule has 10 aliphatic heterocycles. The normalized spacial score (nSPS) is 48.7. The Kier molecular flexibility index (Phi) is 36.8. The van der Waals surface area contributed by atoms with Gasteiger partial charge in [0.25, 0.3) is 0 Å². The van der Waals surface area contributed by atoms with E-state index in [1.54, 1.807) is 0 Å². The van der Waals surface area contributed by atoms with Gasteiger partial charge < -0.3 is 249 Å². The minimum Gasteiger partial charge on any atom is -0.394 e. The molecule has 125 heavy (non-hydrogen) atoms. The number of aliphatic hydroxyl groups excluding tert-OH is 26. The van der Waals surface area contributed by atoms with Gasteiger partial charge in [-0.25, -0.2) is 0 Å². The molecule has 0 radical (unpaired) electrons. The van der Waals surface area contributed by atoms with E-state index in [1.165, 1.54) is 6.92 Å². The Morgan fingerprint density at radius 2 is 0.496 bits per heavy atom. The van der Waals surface area contributed by atoms with Gasteiger partial charge in [0.2, 0.25) is 29.5 Å². The molecule has 0 aromatic rings. The molecule has 10 rings (SSSR count). The van der Waals surface area contributed by atoms with Gasteiger partial charge in [-0.2, -0.15) is 0 Å². The lowest BCUT2D eigenvalue weighted by atomic mass is 9.93. The highest BCUT2D eigenvalue weighted by Gasteiger charge is 2.62. The summed E-state index contributed by atoms with van der Waals surface area (Å²) in [4.78, 5) is 64.2. The highest BCUT2D eigenvalue weighted by Crippen LogP contribution is 2.41. The third kappa shape index (κ3) is 23.1. The van der Waals surface area contributed by atoms with Crippen LogP contribution in [-0.4, -0.2) is 529 Å². The third-order valence-electron chi connectivity index (χ3n) is 22.8. The summed E-state index contributed by atoms with van der Waals surface area (Å²) in [5.41, 5.74) is 0. The molecule has 55 nitrogen and oxygen atoms in total. The van der Waals surface area contributed by atoms with Gasteiger partial charge in [0, 0.05) is 34.6 Å². The summed E-state index contributed by atoms with van der Waals surface area (Å²) < 4.78 is 114. The fourth-order valence-corrected chi connectivity index (χ4v) is 16.2. The molecule has 0 aromatic carbocycles. The average molecular weight is 1830 g/mol. The van der Waals surface area contributed by atoms with Crippen molar-refractivity contribution in [3.05, 3.63) is 0 Å². The molecule has 0 aromatic heterocycles. The first kappa shape index (κ1) is 103. The number of carbonyl (C=O) groups excluding carboxylic acids is 5. The van der Waals surface area contributed by atoms with E-state index in [1.807, 2.05) is 0 Å². The van der Waals surface area contributed by atoms with Crippen LogP contribution in [0.15, 0.2) is 0 Å². The van der Waals surface area contributed by atoms with Gasteiger partial charge in [-0.1, -0.05) is 0 Å². The summed E-state index contributed by atoms with van der Waals surface area (Å²) in [7, 11) is 0. The lowest BCUT2D eigenvalue weighted by molar-refractivity contribution is -0.399. The Morgan fingerprint density at radius 1 is 0.224 bits per heavy atom. The zero-order chi connectivity index (χ0) is 92.1. The van der Waals surface area contributed by atoms with Crippen LogP contribution in [0.1, 0.15) is 41.5 Å². The molecule has 55 heteroatoms. The van der Waals surface area contributed by atoms with E-state index >= 15 is 0 Å². The maximum Gasteiger partial charge on any atom is 0.217 e. The van der Waals surface area contributed by atoms with Gasteiger partial charge in [-0.05, 0) is 6.92 Å². The van der Waals surface area contributed by atoms with Gasteiger partial charge in [-0.3, -0.25) is 24.0 Å². The highest BCUT2D eigenvalue weighted by atomic mass is 16.8. The van der Waals surface area contributed by atoms with Crippen LogP contribution in [0.25, 0.3) is 0 Å². The SMILES string of the molecule is CC(=O)N[C@@H]1[C@@H](O)[C@H](O[C@@H]2O[C@H](CO)[C@@H](O[C@@H]3O[C@H](CO[C@H]4O[C@H](CO)[C@@H](O)[C@H](O)[C@@H]4O[C@@H]4O[C@H](CO)[C@@H](O[C@@H]5O[C@H](CO)[C@H](O)[C@H](O)[C@H]5NC(C)=O)[C@H](O)[C@H]4NC(C)=O)[C@@H](O)[C@H](O[C@H]4O[C@H](CO)[C@@H](O)[C@H](O)[C@@H]4O[C@@H]4O[C@H](CO)[C@@H](O[C@@H]5O[C@H](CO)[C@H](O)[C@H](O)[C@H]5O)[C@H](O)[C@H]4NC(C)=O)[C@@H]3O)[C@H](O)[C@H]2NC(C)=O)[C@@H](CO[C@H]2O[C@H](C)[C@H](O)[C@H](O)[C@H]2O)O[C@H]1O. The lowest BCUT2D eigenvalue weighted by Gasteiger charge is -2.51. The Balaban J connectivity index is 0.987. The number of aliphatic hydroxyl groups is 26. The van der Waals surface area contributed by atoms with Crippen molar-refractivity contribution >= 4 is 29.5 Å². The first-order valence-corrected chi connectivity index (χ1v) is 40.0. The molecule has 31 N–H and O–H groups in total. The highest BCUT2D eigenvalue weighted by molar-refractivity contribution is 5.75. The van der Waals surface area contributed by atoms with E-state index in [2.05, 4.69) is 26.6 Å². The van der Waals surface area contributed by atoms with Gasteiger partial charge in [-0.15, -0.1) is 0 Å². The van der Waals surface area contributed by atoms with Crippen molar-refractivity contribution in [1.29, 1.82) is 0 Å². The molecule has 10 heterocycles. The summed E-state index contributed by atoms with van der Waals surface area (Å²) in [6, 6.07) is -9.38. The summed E-state index contributed by atoms with van der Waals surface area (Å²) in [6.07, 6.45) is -93.1. The molecule has 10 saturated heterocycles. The number of amides is 5. The molecule has 0 spiro atoms. The lowest BCUT2D eigenvalue weighted by Crippen LogP contribution is -2.71.